The van der Waals surface area contributed by atoms with Crippen LogP contribution in [0.1, 0.15) is 93.5 Å². The molecule has 3 aromatic heterocycles. The van der Waals surface area contributed by atoms with Crippen LogP contribution in [0.15, 0.2) is 10.6 Å². The zero-order chi connectivity index (χ0) is 34.7. The number of aromatic nitrogens is 3. The molecular formula is C35H44FN7O5S. The van der Waals surface area contributed by atoms with Crippen LogP contribution in [0.4, 0.5) is 14.2 Å². The summed E-state index contributed by atoms with van der Waals surface area (Å²) in [5.74, 6) is 1.38. The van der Waals surface area contributed by atoms with Gasteiger partial charge in [0.15, 0.2) is 29.6 Å². The van der Waals surface area contributed by atoms with Gasteiger partial charge >= 0.3 is 6.09 Å². The molecule has 1 spiro atoms. The molecule has 0 saturated carbocycles. The lowest BCUT2D eigenvalue weighted by Gasteiger charge is -2.39. The maximum absolute atomic E-state index is 15.3. The summed E-state index contributed by atoms with van der Waals surface area (Å²) in [6, 6.07) is 4.15. The number of rotatable bonds is 6. The van der Waals surface area contributed by atoms with Crippen molar-refractivity contribution in [2.24, 2.45) is 0 Å². The number of thiophene rings is 1. The van der Waals surface area contributed by atoms with Crippen molar-refractivity contribution in [3.63, 3.8) is 0 Å². The quantitative estimate of drug-likeness (QED) is 0.333. The highest BCUT2D eigenvalue weighted by Gasteiger charge is 2.49. The third-order valence-electron chi connectivity index (χ3n) is 10.3. The minimum atomic E-state index is -1.45. The van der Waals surface area contributed by atoms with Gasteiger partial charge in [-0.15, -0.1) is 11.3 Å². The molecule has 49 heavy (non-hydrogen) atoms. The molecule has 0 unspecified atom stereocenters. The number of nitriles is 1. The fourth-order valence-corrected chi connectivity index (χ4v) is 9.28. The van der Waals surface area contributed by atoms with E-state index in [1.165, 1.54) is 16.2 Å². The smallest absolute Gasteiger partial charge is 0.410 e. The molecule has 2 fully saturated rings. The first-order valence-corrected chi connectivity index (χ1v) is 18.0. The molecule has 2 saturated heterocycles. The van der Waals surface area contributed by atoms with Crippen LogP contribution in [-0.4, -0.2) is 87.7 Å². The highest BCUT2D eigenvalue weighted by molar-refractivity contribution is 7.16. The van der Waals surface area contributed by atoms with E-state index in [-0.39, 0.29) is 42.8 Å². The summed E-state index contributed by atoms with van der Waals surface area (Å²) in [5.41, 5.74) is 8.01. The monoisotopic (exact) mass is 693 g/mol. The largest absolute Gasteiger partial charge is 0.473 e. The molecule has 2 N–H and O–H groups in total. The number of carbonyl (C=O) groups excluding carboxylic acids is 1. The zero-order valence-electron chi connectivity index (χ0n) is 28.8. The normalized spacial score (nSPS) is 25.9. The van der Waals surface area contributed by atoms with Gasteiger partial charge in [-0.3, -0.25) is 4.90 Å². The summed E-state index contributed by atoms with van der Waals surface area (Å²) in [6.45, 7) is 8.18. The standard InChI is InChI=1S/C35H44FN7O5S/c1-19(23-10-8-14-42(23)5)45-26-15-27(46-24-18-43(17-22(24)36)33(44)47-34(2,3)4)40-32(39-26)29-20-9-6-12-35(30(20)48-41-29)13-7-11-25-28(35)21(16-37)31(38)49-25/h15,19,22-24H,6-14,17-18,38H2,1-5H3/t19-,22-,23-,24+,35-/m0/s1. The highest BCUT2D eigenvalue weighted by atomic mass is 32.1. The summed E-state index contributed by atoms with van der Waals surface area (Å²) in [4.78, 5) is 27.0. The summed E-state index contributed by atoms with van der Waals surface area (Å²) in [5, 5.41) is 15.2. The third kappa shape index (κ3) is 6.20. The molecule has 7 rings (SSSR count). The van der Waals surface area contributed by atoms with Crippen molar-refractivity contribution in [2.45, 2.75) is 114 Å². The third-order valence-corrected chi connectivity index (χ3v) is 11.4. The molecule has 1 amide bonds. The number of aryl methyl sites for hydroxylation is 1. The van der Waals surface area contributed by atoms with Crippen molar-refractivity contribution in [3.8, 4) is 29.3 Å². The van der Waals surface area contributed by atoms with Crippen LogP contribution in [0.25, 0.3) is 11.5 Å². The van der Waals surface area contributed by atoms with Crippen molar-refractivity contribution in [3.05, 3.63) is 33.4 Å². The van der Waals surface area contributed by atoms with Gasteiger partial charge in [-0.25, -0.2) is 9.18 Å². The molecule has 14 heteroatoms. The number of fused-ring (bicyclic) bond motifs is 4. The van der Waals surface area contributed by atoms with Crippen LogP contribution in [0.3, 0.4) is 0 Å². The molecule has 5 heterocycles. The lowest BCUT2D eigenvalue weighted by atomic mass is 9.63. The number of nitrogen functional groups attached to an aromatic ring is 1. The minimum Gasteiger partial charge on any atom is -0.473 e. The summed E-state index contributed by atoms with van der Waals surface area (Å²) >= 11 is 1.50. The van der Waals surface area contributed by atoms with E-state index in [2.05, 4.69) is 23.2 Å². The van der Waals surface area contributed by atoms with Crippen LogP contribution in [0, 0.1) is 11.3 Å². The average Bonchev–Trinajstić information content (AvgIpc) is 3.82. The highest BCUT2D eigenvalue weighted by Crippen LogP contribution is 2.55. The Hall–Kier alpha value is -3.96. The molecular weight excluding hydrogens is 649 g/mol. The first-order valence-electron chi connectivity index (χ1n) is 17.2. The Kier molecular flexibility index (Phi) is 8.71. The van der Waals surface area contributed by atoms with E-state index in [1.54, 1.807) is 26.8 Å². The van der Waals surface area contributed by atoms with Crippen molar-refractivity contribution in [1.29, 1.82) is 5.26 Å². The maximum Gasteiger partial charge on any atom is 0.410 e. The van der Waals surface area contributed by atoms with Gasteiger partial charge in [0.25, 0.3) is 0 Å². The van der Waals surface area contributed by atoms with E-state index in [1.807, 2.05) is 6.92 Å². The number of anilines is 1. The number of nitrogens with two attached hydrogens (primary N) is 1. The summed E-state index contributed by atoms with van der Waals surface area (Å²) < 4.78 is 39.6. The van der Waals surface area contributed by atoms with Crippen LogP contribution < -0.4 is 15.2 Å². The van der Waals surface area contributed by atoms with E-state index in [4.69, 9.17) is 34.4 Å². The van der Waals surface area contributed by atoms with E-state index < -0.39 is 29.4 Å². The predicted molar refractivity (Wildman–Crippen MR) is 180 cm³/mol. The van der Waals surface area contributed by atoms with Gasteiger partial charge in [0.1, 0.15) is 22.8 Å². The molecule has 3 aromatic rings. The van der Waals surface area contributed by atoms with Gasteiger partial charge in [0.2, 0.25) is 11.8 Å². The minimum absolute atomic E-state index is 0.00406. The van der Waals surface area contributed by atoms with Crippen molar-refractivity contribution in [2.75, 3.05) is 32.4 Å². The number of likely N-dealkylation sites (N-methyl/N-ethyl adjacent to an activating group) is 1. The molecule has 262 valence electrons. The molecule has 2 aliphatic heterocycles. The van der Waals surface area contributed by atoms with Crippen LogP contribution in [0.2, 0.25) is 0 Å². The number of hydrogen-bond donors (Lipinski definition) is 1. The number of carbonyl (C=O) groups is 1. The summed E-state index contributed by atoms with van der Waals surface area (Å²) in [6.07, 6.45) is 3.93. The number of halogens is 1. The number of alkyl halides is 1. The second kappa shape index (κ2) is 12.7. The van der Waals surface area contributed by atoms with Crippen molar-refractivity contribution >= 4 is 22.4 Å². The van der Waals surface area contributed by atoms with Gasteiger partial charge in [0, 0.05) is 16.5 Å². The lowest BCUT2D eigenvalue weighted by Crippen LogP contribution is -2.38. The Bertz CT molecular complexity index is 1780. The molecule has 12 nitrogen and oxygen atoms in total. The van der Waals surface area contributed by atoms with E-state index in [0.717, 1.165) is 73.3 Å². The average molecular weight is 694 g/mol. The topological polar surface area (TPSA) is 153 Å². The van der Waals surface area contributed by atoms with E-state index in [0.29, 0.717) is 22.7 Å². The van der Waals surface area contributed by atoms with Crippen molar-refractivity contribution in [1.82, 2.24) is 24.9 Å². The number of likely N-dealkylation sites (tertiary alicyclic amines) is 2. The molecule has 2 aliphatic carbocycles. The number of ether oxygens (including phenoxy) is 3. The first-order chi connectivity index (χ1) is 23.4. The molecule has 0 aromatic carbocycles. The number of hydrogen-bond acceptors (Lipinski definition) is 12. The molecule has 4 aliphatic rings. The molecule has 0 radical (unpaired) electrons. The van der Waals surface area contributed by atoms with Crippen LogP contribution >= 0.6 is 11.3 Å². The Morgan fingerprint density at radius 3 is 2.67 bits per heavy atom. The van der Waals surface area contributed by atoms with Gasteiger partial charge in [-0.2, -0.15) is 15.2 Å². The Morgan fingerprint density at radius 2 is 1.96 bits per heavy atom. The number of amides is 1. The van der Waals surface area contributed by atoms with Gasteiger partial charge < -0.3 is 29.4 Å². The second-order valence-electron chi connectivity index (χ2n) is 14.8. The Morgan fingerprint density at radius 1 is 1.20 bits per heavy atom. The van der Waals surface area contributed by atoms with Gasteiger partial charge in [-0.05, 0) is 98.2 Å². The Labute approximate surface area is 289 Å². The fourth-order valence-electron chi connectivity index (χ4n) is 8.12. The van der Waals surface area contributed by atoms with E-state index in [9.17, 15) is 10.1 Å². The lowest BCUT2D eigenvalue weighted by molar-refractivity contribution is 0.0273. The number of nitrogens with zero attached hydrogens (tertiary/aromatic N) is 6. The second-order valence-corrected chi connectivity index (χ2v) is 16.0. The molecule has 0 bridgehead atoms. The SMILES string of the molecule is C[C@H](Oc1cc(O[C@@H]2CN(C(=O)OC(C)(C)C)C[C@@H]2F)nc(-c2noc3c2CCC[C@@]32CCCc3sc(N)c(C#N)c32)n1)[C@@H]1CCCN1C. The fraction of sp³-hybridized carbons (Fsp3) is 0.629. The van der Waals surface area contributed by atoms with Crippen LogP contribution in [0.5, 0.6) is 11.8 Å². The van der Waals surface area contributed by atoms with Gasteiger partial charge in [0.05, 0.1) is 30.1 Å². The molecule has 5 atom stereocenters. The van der Waals surface area contributed by atoms with E-state index >= 15 is 4.39 Å². The predicted octanol–water partition coefficient (Wildman–Crippen LogP) is 5.80. The summed E-state index contributed by atoms with van der Waals surface area (Å²) in [7, 11) is 2.09. The van der Waals surface area contributed by atoms with Crippen molar-refractivity contribution < 1.29 is 27.9 Å². The Balaban J connectivity index is 1.24. The van der Waals surface area contributed by atoms with Crippen LogP contribution in [-0.2, 0) is 23.0 Å². The maximum atomic E-state index is 15.3. The zero-order valence-corrected chi connectivity index (χ0v) is 29.6. The van der Waals surface area contributed by atoms with Gasteiger partial charge in [-0.1, -0.05) is 5.16 Å². The first kappa shape index (κ1) is 33.5.